The summed E-state index contributed by atoms with van der Waals surface area (Å²) >= 11 is 1.76. The van der Waals surface area contributed by atoms with Crippen molar-refractivity contribution in [2.75, 3.05) is 20.1 Å². The number of aromatic nitrogens is 1. The van der Waals surface area contributed by atoms with Gasteiger partial charge in [-0.2, -0.15) is 0 Å². The molecule has 1 aliphatic heterocycles. The lowest BCUT2D eigenvalue weighted by Gasteiger charge is -2.22. The van der Waals surface area contributed by atoms with Crippen LogP contribution in [-0.4, -0.2) is 36.1 Å². The van der Waals surface area contributed by atoms with E-state index in [4.69, 9.17) is 0 Å². The quantitative estimate of drug-likeness (QED) is 0.815. The molecule has 14 heavy (non-hydrogen) atoms. The molecule has 3 nitrogen and oxygen atoms in total. The van der Waals surface area contributed by atoms with Crippen molar-refractivity contribution in [3.8, 4) is 0 Å². The number of nitrogens with zero attached hydrogens (tertiary/aromatic N) is 2. The number of aryl methyl sites for hydroxylation is 1. The minimum absolute atomic E-state index is 0.705. The number of nitrogens with one attached hydrogen (secondary N) is 1. The first-order valence-electron chi connectivity index (χ1n) is 5.07. The molecule has 0 aliphatic carbocycles. The van der Waals surface area contributed by atoms with Crippen molar-refractivity contribution in [1.29, 1.82) is 0 Å². The fourth-order valence-corrected chi connectivity index (χ4v) is 2.69. The standard InChI is InChI=1S/C10H17N3S/c1-8-10(14-7-12-8)6-13(2)9-3-4-11-5-9/h7,9,11H,3-6H2,1-2H3. The minimum Gasteiger partial charge on any atom is -0.315 e. The first-order chi connectivity index (χ1) is 6.77. The van der Waals surface area contributed by atoms with Gasteiger partial charge in [0.05, 0.1) is 11.2 Å². The maximum atomic E-state index is 4.27. The van der Waals surface area contributed by atoms with E-state index in [1.165, 1.54) is 17.0 Å². The van der Waals surface area contributed by atoms with Crippen molar-refractivity contribution < 1.29 is 0 Å². The van der Waals surface area contributed by atoms with Gasteiger partial charge >= 0.3 is 0 Å². The second kappa shape index (κ2) is 4.38. The normalized spacial score (nSPS) is 22.1. The van der Waals surface area contributed by atoms with Crippen LogP contribution in [0.3, 0.4) is 0 Å². The zero-order chi connectivity index (χ0) is 9.97. The van der Waals surface area contributed by atoms with Crippen LogP contribution in [0.2, 0.25) is 0 Å². The van der Waals surface area contributed by atoms with Crippen LogP contribution in [0, 0.1) is 6.92 Å². The molecule has 1 aromatic rings. The fraction of sp³-hybridized carbons (Fsp3) is 0.700. The molecule has 0 aromatic carbocycles. The van der Waals surface area contributed by atoms with E-state index < -0.39 is 0 Å². The second-order valence-corrected chi connectivity index (χ2v) is 4.86. The molecule has 0 saturated carbocycles. The van der Waals surface area contributed by atoms with Crippen LogP contribution in [0.5, 0.6) is 0 Å². The lowest BCUT2D eigenvalue weighted by molar-refractivity contribution is 0.250. The van der Waals surface area contributed by atoms with E-state index in [2.05, 4.69) is 29.2 Å². The molecule has 1 N–H and O–H groups in total. The molecule has 0 bridgehead atoms. The Hall–Kier alpha value is -0.450. The number of rotatable bonds is 3. The Morgan fingerprint density at radius 1 is 1.71 bits per heavy atom. The highest BCUT2D eigenvalue weighted by Gasteiger charge is 2.19. The topological polar surface area (TPSA) is 28.2 Å². The highest BCUT2D eigenvalue weighted by molar-refractivity contribution is 7.09. The van der Waals surface area contributed by atoms with Gasteiger partial charge in [-0.15, -0.1) is 11.3 Å². The van der Waals surface area contributed by atoms with Crippen LogP contribution in [-0.2, 0) is 6.54 Å². The average Bonchev–Trinajstić information content (AvgIpc) is 2.77. The molecule has 4 heteroatoms. The highest BCUT2D eigenvalue weighted by Crippen LogP contribution is 2.17. The monoisotopic (exact) mass is 211 g/mol. The van der Waals surface area contributed by atoms with Crippen molar-refractivity contribution in [2.45, 2.75) is 25.9 Å². The molecule has 1 aliphatic rings. The van der Waals surface area contributed by atoms with Gasteiger partial charge < -0.3 is 5.32 Å². The van der Waals surface area contributed by atoms with Crippen LogP contribution in [0.1, 0.15) is 17.0 Å². The molecule has 1 aromatic heterocycles. The third-order valence-corrected chi connectivity index (χ3v) is 3.82. The van der Waals surface area contributed by atoms with Crippen LogP contribution in [0.25, 0.3) is 0 Å². The summed E-state index contributed by atoms with van der Waals surface area (Å²) in [5, 5.41) is 3.39. The van der Waals surface area contributed by atoms with Crippen molar-refractivity contribution in [3.05, 3.63) is 16.1 Å². The van der Waals surface area contributed by atoms with E-state index in [9.17, 15) is 0 Å². The van der Waals surface area contributed by atoms with E-state index in [0.717, 1.165) is 19.6 Å². The Morgan fingerprint density at radius 2 is 2.57 bits per heavy atom. The van der Waals surface area contributed by atoms with Gasteiger partial charge in [0, 0.05) is 24.0 Å². The Bertz CT molecular complexity index is 291. The third-order valence-electron chi connectivity index (χ3n) is 2.90. The summed E-state index contributed by atoms with van der Waals surface area (Å²) in [6.45, 7) is 5.43. The summed E-state index contributed by atoms with van der Waals surface area (Å²) in [6.07, 6.45) is 1.27. The van der Waals surface area contributed by atoms with Gasteiger partial charge in [-0.05, 0) is 26.9 Å². The Morgan fingerprint density at radius 3 is 3.14 bits per heavy atom. The molecule has 0 radical (unpaired) electrons. The maximum Gasteiger partial charge on any atom is 0.0798 e. The lowest BCUT2D eigenvalue weighted by Crippen LogP contribution is -2.32. The molecule has 1 saturated heterocycles. The summed E-state index contributed by atoms with van der Waals surface area (Å²) in [7, 11) is 2.21. The highest BCUT2D eigenvalue weighted by atomic mass is 32.1. The van der Waals surface area contributed by atoms with Gasteiger partial charge in [-0.1, -0.05) is 0 Å². The van der Waals surface area contributed by atoms with Crippen LogP contribution in [0.4, 0.5) is 0 Å². The Labute approximate surface area is 89.1 Å². The second-order valence-electron chi connectivity index (χ2n) is 3.92. The predicted octanol–water partition coefficient (Wildman–Crippen LogP) is 1.25. The van der Waals surface area contributed by atoms with Crippen LogP contribution in [0.15, 0.2) is 5.51 Å². The fourth-order valence-electron chi connectivity index (χ4n) is 1.85. The summed E-state index contributed by atoms with van der Waals surface area (Å²) in [5.41, 5.74) is 3.12. The van der Waals surface area contributed by atoms with Crippen molar-refractivity contribution in [1.82, 2.24) is 15.2 Å². The molecule has 1 fully saturated rings. The molecule has 1 unspecified atom stereocenters. The summed E-state index contributed by atoms with van der Waals surface area (Å²) in [6, 6.07) is 0.705. The summed E-state index contributed by atoms with van der Waals surface area (Å²) < 4.78 is 0. The first-order valence-corrected chi connectivity index (χ1v) is 5.95. The van der Waals surface area contributed by atoms with Gasteiger partial charge in [-0.3, -0.25) is 4.90 Å². The van der Waals surface area contributed by atoms with E-state index in [0.29, 0.717) is 6.04 Å². The van der Waals surface area contributed by atoms with Crippen LogP contribution < -0.4 is 5.32 Å². The third kappa shape index (κ3) is 2.13. The number of thiazole rings is 1. The van der Waals surface area contributed by atoms with E-state index in [-0.39, 0.29) is 0 Å². The largest absolute Gasteiger partial charge is 0.315 e. The molecular formula is C10H17N3S. The average molecular weight is 211 g/mol. The predicted molar refractivity (Wildman–Crippen MR) is 59.6 cm³/mol. The van der Waals surface area contributed by atoms with Crippen molar-refractivity contribution in [3.63, 3.8) is 0 Å². The van der Waals surface area contributed by atoms with E-state index in [1.807, 2.05) is 5.51 Å². The number of likely N-dealkylation sites (N-methyl/N-ethyl adjacent to an activating group) is 1. The molecule has 2 heterocycles. The molecule has 0 spiro atoms. The zero-order valence-corrected chi connectivity index (χ0v) is 9.60. The minimum atomic E-state index is 0.705. The molecule has 78 valence electrons. The van der Waals surface area contributed by atoms with Gasteiger partial charge in [0.2, 0.25) is 0 Å². The molecular weight excluding hydrogens is 194 g/mol. The molecule has 2 rings (SSSR count). The maximum absolute atomic E-state index is 4.27. The first kappa shape index (κ1) is 10.1. The van der Waals surface area contributed by atoms with Gasteiger partial charge in [0.25, 0.3) is 0 Å². The van der Waals surface area contributed by atoms with Gasteiger partial charge in [-0.25, -0.2) is 4.98 Å². The van der Waals surface area contributed by atoms with Gasteiger partial charge in [0.15, 0.2) is 0 Å². The summed E-state index contributed by atoms with van der Waals surface area (Å²) in [4.78, 5) is 8.11. The molecule has 0 amide bonds. The zero-order valence-electron chi connectivity index (χ0n) is 8.79. The number of hydrogen-bond donors (Lipinski definition) is 1. The van der Waals surface area contributed by atoms with Crippen molar-refractivity contribution >= 4 is 11.3 Å². The smallest absolute Gasteiger partial charge is 0.0798 e. The number of hydrogen-bond acceptors (Lipinski definition) is 4. The summed E-state index contributed by atoms with van der Waals surface area (Å²) in [5.74, 6) is 0. The Balaban J connectivity index is 1.93. The Kier molecular flexibility index (Phi) is 3.15. The SMILES string of the molecule is Cc1ncsc1CN(C)C1CCNC1. The lowest BCUT2D eigenvalue weighted by atomic mass is 10.2. The molecule has 1 atom stereocenters. The van der Waals surface area contributed by atoms with E-state index in [1.54, 1.807) is 11.3 Å². The van der Waals surface area contributed by atoms with Crippen molar-refractivity contribution in [2.24, 2.45) is 0 Å². The van der Waals surface area contributed by atoms with Gasteiger partial charge in [0.1, 0.15) is 0 Å². The van der Waals surface area contributed by atoms with Crippen LogP contribution >= 0.6 is 11.3 Å². The van der Waals surface area contributed by atoms with E-state index >= 15 is 0 Å².